The number of likely N-dealkylation sites (tertiary alicyclic amines) is 1. The van der Waals surface area contributed by atoms with Crippen LogP contribution in [0.3, 0.4) is 0 Å². The molecule has 2 aliphatic rings. The number of carboxylic acid groups (broad SMARTS) is 1. The number of urea groups is 1. The maximum Gasteiger partial charge on any atom is 0.320 e. The Bertz CT molecular complexity index is 283. The van der Waals surface area contributed by atoms with Gasteiger partial charge in [-0.3, -0.25) is 4.79 Å². The Morgan fingerprint density at radius 3 is 2.38 bits per heavy atom. The smallest absolute Gasteiger partial charge is 0.320 e. The Labute approximate surface area is 93.8 Å². The van der Waals surface area contributed by atoms with Crippen molar-refractivity contribution in [2.24, 2.45) is 5.92 Å². The van der Waals surface area contributed by atoms with Gasteiger partial charge in [-0.05, 0) is 0 Å². The van der Waals surface area contributed by atoms with Gasteiger partial charge in [0.25, 0.3) is 0 Å². The molecule has 6 nitrogen and oxygen atoms in total. The minimum atomic E-state index is -0.788. The van der Waals surface area contributed by atoms with Crippen LogP contribution in [0.4, 0.5) is 4.79 Å². The van der Waals surface area contributed by atoms with Crippen molar-refractivity contribution in [3.8, 4) is 0 Å². The molecule has 2 rings (SSSR count). The van der Waals surface area contributed by atoms with Crippen LogP contribution in [0.2, 0.25) is 0 Å². The molecule has 0 aromatic carbocycles. The van der Waals surface area contributed by atoms with Crippen molar-refractivity contribution >= 4 is 12.0 Å². The average Bonchev–Trinajstić information content (AvgIpc) is 2.23. The summed E-state index contributed by atoms with van der Waals surface area (Å²) in [7, 11) is 0. The average molecular weight is 228 g/mol. The fourth-order valence-electron chi connectivity index (χ4n) is 2.06. The standard InChI is InChI=1S/C10H16N2O4/c13-9(14)5-8-6-12(7-8)10(15)11-1-3-16-4-2-11/h8H,1-7H2,(H,13,14). The lowest BCUT2D eigenvalue weighted by molar-refractivity contribution is -0.139. The summed E-state index contributed by atoms with van der Waals surface area (Å²) >= 11 is 0. The van der Waals surface area contributed by atoms with Crippen molar-refractivity contribution in [2.75, 3.05) is 39.4 Å². The molecule has 1 N–H and O–H groups in total. The van der Waals surface area contributed by atoms with Gasteiger partial charge in [-0.2, -0.15) is 0 Å². The van der Waals surface area contributed by atoms with Gasteiger partial charge in [0.05, 0.1) is 19.6 Å². The number of hydrogen-bond donors (Lipinski definition) is 1. The molecule has 0 radical (unpaired) electrons. The number of nitrogens with zero attached hydrogens (tertiary/aromatic N) is 2. The largest absolute Gasteiger partial charge is 0.481 e. The maximum atomic E-state index is 11.9. The Morgan fingerprint density at radius 2 is 1.81 bits per heavy atom. The third-order valence-electron chi connectivity index (χ3n) is 2.97. The second kappa shape index (κ2) is 4.69. The van der Waals surface area contributed by atoms with Crippen LogP contribution in [0, 0.1) is 5.92 Å². The van der Waals surface area contributed by atoms with E-state index >= 15 is 0 Å². The first-order valence-corrected chi connectivity index (χ1v) is 5.50. The molecule has 16 heavy (non-hydrogen) atoms. The van der Waals surface area contributed by atoms with Crippen molar-refractivity contribution in [2.45, 2.75) is 6.42 Å². The highest BCUT2D eigenvalue weighted by Crippen LogP contribution is 2.20. The minimum absolute atomic E-state index is 0.0185. The summed E-state index contributed by atoms with van der Waals surface area (Å²) in [5.41, 5.74) is 0. The molecule has 0 unspecified atom stereocenters. The van der Waals surface area contributed by atoms with Gasteiger partial charge >= 0.3 is 12.0 Å². The number of carbonyl (C=O) groups excluding carboxylic acids is 1. The van der Waals surface area contributed by atoms with Gasteiger partial charge in [0.15, 0.2) is 0 Å². The lowest BCUT2D eigenvalue weighted by Crippen LogP contribution is -2.57. The van der Waals surface area contributed by atoms with Crippen LogP contribution in [0.25, 0.3) is 0 Å². The predicted octanol–water partition coefficient (Wildman–Crippen LogP) is -0.155. The SMILES string of the molecule is O=C(O)CC1CN(C(=O)N2CCOCC2)C1. The van der Waals surface area contributed by atoms with Crippen molar-refractivity contribution in [3.63, 3.8) is 0 Å². The lowest BCUT2D eigenvalue weighted by atomic mass is 9.97. The number of hydrogen-bond acceptors (Lipinski definition) is 3. The number of aliphatic carboxylic acids is 1. The van der Waals surface area contributed by atoms with E-state index in [1.165, 1.54) is 0 Å². The summed E-state index contributed by atoms with van der Waals surface area (Å²) in [4.78, 5) is 25.8. The van der Waals surface area contributed by atoms with Gasteiger partial charge in [-0.25, -0.2) is 4.79 Å². The number of carboxylic acids is 1. The first-order valence-electron chi connectivity index (χ1n) is 5.50. The molecule has 90 valence electrons. The van der Waals surface area contributed by atoms with Crippen LogP contribution in [0.5, 0.6) is 0 Å². The molecule has 2 heterocycles. The van der Waals surface area contributed by atoms with Crippen LogP contribution in [-0.4, -0.2) is 66.3 Å². The quantitative estimate of drug-likeness (QED) is 0.713. The zero-order valence-corrected chi connectivity index (χ0v) is 9.09. The summed E-state index contributed by atoms with van der Waals surface area (Å²) in [6.07, 6.45) is 0.160. The molecule has 2 aliphatic heterocycles. The summed E-state index contributed by atoms with van der Waals surface area (Å²) in [5, 5.41) is 8.59. The molecule has 0 aliphatic carbocycles. The van der Waals surface area contributed by atoms with Gasteiger partial charge in [-0.15, -0.1) is 0 Å². The second-order valence-corrected chi connectivity index (χ2v) is 4.25. The molecule has 0 atom stereocenters. The summed E-state index contributed by atoms with van der Waals surface area (Å²) in [6, 6.07) is 0.0185. The number of morpholine rings is 1. The van der Waals surface area contributed by atoms with Gasteiger partial charge in [0, 0.05) is 32.1 Å². The van der Waals surface area contributed by atoms with Crippen LogP contribution in [0.1, 0.15) is 6.42 Å². The van der Waals surface area contributed by atoms with E-state index in [4.69, 9.17) is 9.84 Å². The molecular formula is C10H16N2O4. The molecule has 2 saturated heterocycles. The molecule has 0 aromatic heterocycles. The molecule has 2 amide bonds. The second-order valence-electron chi connectivity index (χ2n) is 4.25. The van der Waals surface area contributed by atoms with E-state index in [0.717, 1.165) is 0 Å². The Hall–Kier alpha value is -1.30. The number of rotatable bonds is 2. The number of carbonyl (C=O) groups is 2. The van der Waals surface area contributed by atoms with Crippen molar-refractivity contribution in [3.05, 3.63) is 0 Å². The molecule has 2 fully saturated rings. The zero-order valence-electron chi connectivity index (χ0n) is 9.09. The maximum absolute atomic E-state index is 11.9. The third kappa shape index (κ3) is 2.44. The van der Waals surface area contributed by atoms with Gasteiger partial charge in [0.1, 0.15) is 0 Å². The van der Waals surface area contributed by atoms with E-state index in [2.05, 4.69) is 0 Å². The molecule has 0 saturated carbocycles. The summed E-state index contributed by atoms with van der Waals surface area (Å²) < 4.78 is 5.16. The molecule has 0 spiro atoms. The summed E-state index contributed by atoms with van der Waals surface area (Å²) in [6.45, 7) is 3.61. The third-order valence-corrected chi connectivity index (χ3v) is 2.97. The Kier molecular flexibility index (Phi) is 3.28. The lowest BCUT2D eigenvalue weighted by Gasteiger charge is -2.42. The van der Waals surface area contributed by atoms with E-state index in [9.17, 15) is 9.59 Å². The van der Waals surface area contributed by atoms with E-state index < -0.39 is 5.97 Å². The van der Waals surface area contributed by atoms with E-state index in [1.807, 2.05) is 0 Å². The fourth-order valence-corrected chi connectivity index (χ4v) is 2.06. The van der Waals surface area contributed by atoms with Crippen LogP contribution in [0.15, 0.2) is 0 Å². The predicted molar refractivity (Wildman–Crippen MR) is 55.1 cm³/mol. The van der Waals surface area contributed by atoms with Crippen LogP contribution in [-0.2, 0) is 9.53 Å². The summed E-state index contributed by atoms with van der Waals surface area (Å²) in [5.74, 6) is -0.661. The number of ether oxygens (including phenoxy) is 1. The number of amides is 2. The normalized spacial score (nSPS) is 21.8. The van der Waals surface area contributed by atoms with E-state index in [0.29, 0.717) is 39.4 Å². The first-order chi connectivity index (χ1) is 7.66. The van der Waals surface area contributed by atoms with Crippen molar-refractivity contribution < 1.29 is 19.4 Å². The Balaban J connectivity index is 1.74. The first kappa shape index (κ1) is 11.2. The van der Waals surface area contributed by atoms with Gasteiger partial charge in [-0.1, -0.05) is 0 Å². The monoisotopic (exact) mass is 228 g/mol. The fraction of sp³-hybridized carbons (Fsp3) is 0.800. The molecule has 0 bridgehead atoms. The van der Waals surface area contributed by atoms with E-state index in [-0.39, 0.29) is 18.4 Å². The van der Waals surface area contributed by atoms with Gasteiger partial charge < -0.3 is 19.6 Å². The Morgan fingerprint density at radius 1 is 1.19 bits per heavy atom. The van der Waals surface area contributed by atoms with Crippen LogP contribution >= 0.6 is 0 Å². The van der Waals surface area contributed by atoms with Gasteiger partial charge in [0.2, 0.25) is 0 Å². The zero-order chi connectivity index (χ0) is 11.5. The molecule has 0 aromatic rings. The molecular weight excluding hydrogens is 212 g/mol. The minimum Gasteiger partial charge on any atom is -0.481 e. The highest BCUT2D eigenvalue weighted by atomic mass is 16.5. The van der Waals surface area contributed by atoms with E-state index in [1.54, 1.807) is 9.80 Å². The van der Waals surface area contributed by atoms with Crippen molar-refractivity contribution in [1.82, 2.24) is 9.80 Å². The molecule has 6 heteroatoms. The van der Waals surface area contributed by atoms with Crippen LogP contribution < -0.4 is 0 Å². The topological polar surface area (TPSA) is 70.1 Å². The highest BCUT2D eigenvalue weighted by Gasteiger charge is 2.34. The highest BCUT2D eigenvalue weighted by molar-refractivity contribution is 5.76. The van der Waals surface area contributed by atoms with Crippen molar-refractivity contribution in [1.29, 1.82) is 0 Å².